The van der Waals surface area contributed by atoms with Crippen molar-refractivity contribution in [2.24, 2.45) is 0 Å². The van der Waals surface area contributed by atoms with Crippen LogP contribution >= 0.6 is 0 Å². The molecule has 0 spiro atoms. The van der Waals surface area contributed by atoms with Crippen LogP contribution in [0.25, 0.3) is 0 Å². The molecule has 1 heterocycles. The van der Waals surface area contributed by atoms with Crippen molar-refractivity contribution in [1.82, 2.24) is 9.97 Å². The summed E-state index contributed by atoms with van der Waals surface area (Å²) >= 11 is 0. The summed E-state index contributed by atoms with van der Waals surface area (Å²) in [5.74, 6) is 2.15. The zero-order valence-corrected chi connectivity index (χ0v) is 10.3. The molecule has 5 heteroatoms. The van der Waals surface area contributed by atoms with Gasteiger partial charge in [-0.1, -0.05) is 13.8 Å². The third-order valence-electron chi connectivity index (χ3n) is 2.37. The number of rotatable bonds is 4. The number of nitrogens with two attached hydrogens (primary N) is 1. The molecule has 16 heavy (non-hydrogen) atoms. The van der Waals surface area contributed by atoms with Gasteiger partial charge in [0.25, 0.3) is 0 Å². The quantitative estimate of drug-likeness (QED) is 0.717. The lowest BCUT2D eigenvalue weighted by Crippen LogP contribution is -2.22. The molecule has 0 radical (unpaired) electrons. The van der Waals surface area contributed by atoms with Crippen LogP contribution in [0.15, 0.2) is 0 Å². The highest BCUT2D eigenvalue weighted by molar-refractivity contribution is 5.55. The molecule has 1 unspecified atom stereocenters. The van der Waals surface area contributed by atoms with E-state index < -0.39 is 0 Å². The number of nitrogens with zero attached hydrogens (tertiary/aromatic N) is 2. The number of aliphatic hydroxyl groups excluding tert-OH is 1. The lowest BCUT2D eigenvalue weighted by atomic mass is 10.2. The normalized spacial score (nSPS) is 12.9. The fourth-order valence-corrected chi connectivity index (χ4v) is 1.23. The second-order valence-corrected chi connectivity index (χ2v) is 4.32. The maximum atomic E-state index is 9.00. The molecule has 0 bridgehead atoms. The van der Waals surface area contributed by atoms with Crippen LogP contribution in [0, 0.1) is 6.92 Å². The Hall–Kier alpha value is -1.36. The Morgan fingerprint density at radius 1 is 1.31 bits per heavy atom. The molecule has 1 aromatic rings. The monoisotopic (exact) mass is 224 g/mol. The second kappa shape index (κ2) is 5.12. The Kier molecular flexibility index (Phi) is 4.06. The van der Waals surface area contributed by atoms with Gasteiger partial charge in [-0.15, -0.1) is 0 Å². The average Bonchev–Trinajstić information content (AvgIpc) is 2.23. The zero-order valence-electron chi connectivity index (χ0n) is 10.3. The summed E-state index contributed by atoms with van der Waals surface area (Å²) in [6.45, 7) is 7.84. The van der Waals surface area contributed by atoms with Crippen molar-refractivity contribution in [1.29, 1.82) is 0 Å². The third kappa shape index (κ3) is 2.82. The van der Waals surface area contributed by atoms with Gasteiger partial charge in [0.2, 0.25) is 0 Å². The Labute approximate surface area is 96.1 Å². The number of hydrogen-bond acceptors (Lipinski definition) is 5. The summed E-state index contributed by atoms with van der Waals surface area (Å²) in [5.41, 5.74) is 6.65. The molecule has 1 rings (SSSR count). The summed E-state index contributed by atoms with van der Waals surface area (Å²) < 4.78 is 0. The predicted molar refractivity (Wildman–Crippen MR) is 65.4 cm³/mol. The number of aliphatic hydroxyl groups is 1. The van der Waals surface area contributed by atoms with Crippen LogP contribution in [0.4, 0.5) is 11.6 Å². The first-order valence-corrected chi connectivity index (χ1v) is 5.47. The Balaban J connectivity index is 3.06. The molecular weight excluding hydrogens is 204 g/mol. The molecule has 1 atom stereocenters. The van der Waals surface area contributed by atoms with E-state index in [9.17, 15) is 0 Å². The Morgan fingerprint density at radius 2 is 1.94 bits per heavy atom. The van der Waals surface area contributed by atoms with Gasteiger partial charge in [0.05, 0.1) is 6.61 Å². The molecule has 0 aliphatic carbocycles. The van der Waals surface area contributed by atoms with Gasteiger partial charge in [-0.25, -0.2) is 9.97 Å². The van der Waals surface area contributed by atoms with Crippen LogP contribution in [0.5, 0.6) is 0 Å². The number of nitrogen functional groups attached to an aromatic ring is 1. The molecule has 0 fully saturated rings. The fourth-order valence-electron chi connectivity index (χ4n) is 1.23. The van der Waals surface area contributed by atoms with E-state index in [1.165, 1.54) is 0 Å². The van der Waals surface area contributed by atoms with Gasteiger partial charge in [0.1, 0.15) is 17.5 Å². The average molecular weight is 224 g/mol. The summed E-state index contributed by atoms with van der Waals surface area (Å²) in [7, 11) is 0. The Morgan fingerprint density at radius 3 is 2.44 bits per heavy atom. The number of hydrogen-bond donors (Lipinski definition) is 3. The van der Waals surface area contributed by atoms with E-state index >= 15 is 0 Å². The van der Waals surface area contributed by atoms with E-state index in [2.05, 4.69) is 15.3 Å². The lowest BCUT2D eigenvalue weighted by molar-refractivity contribution is 0.281. The first kappa shape index (κ1) is 12.7. The minimum Gasteiger partial charge on any atom is -0.394 e. The van der Waals surface area contributed by atoms with Crippen molar-refractivity contribution in [2.45, 2.75) is 39.7 Å². The predicted octanol–water partition coefficient (Wildman–Crippen LogP) is 1.28. The van der Waals surface area contributed by atoms with E-state index in [4.69, 9.17) is 10.8 Å². The van der Waals surface area contributed by atoms with Gasteiger partial charge < -0.3 is 16.2 Å². The topological polar surface area (TPSA) is 84.1 Å². The van der Waals surface area contributed by atoms with Gasteiger partial charge in [-0.3, -0.25) is 0 Å². The van der Waals surface area contributed by atoms with Crippen LogP contribution in [0.3, 0.4) is 0 Å². The smallest absolute Gasteiger partial charge is 0.135 e. The fraction of sp³-hybridized carbons (Fsp3) is 0.636. The van der Waals surface area contributed by atoms with Crippen LogP contribution in [0.1, 0.15) is 38.1 Å². The van der Waals surface area contributed by atoms with Crippen molar-refractivity contribution >= 4 is 11.6 Å². The van der Waals surface area contributed by atoms with Gasteiger partial charge in [-0.2, -0.15) is 0 Å². The number of anilines is 2. The van der Waals surface area contributed by atoms with Gasteiger partial charge in [0, 0.05) is 17.5 Å². The van der Waals surface area contributed by atoms with Crippen molar-refractivity contribution in [3.8, 4) is 0 Å². The van der Waals surface area contributed by atoms with Crippen molar-refractivity contribution < 1.29 is 5.11 Å². The Bertz CT molecular complexity index is 365. The van der Waals surface area contributed by atoms with Crippen molar-refractivity contribution in [3.05, 3.63) is 11.4 Å². The molecule has 0 saturated carbocycles. The first-order chi connectivity index (χ1) is 7.45. The van der Waals surface area contributed by atoms with E-state index in [-0.39, 0.29) is 18.6 Å². The molecular formula is C11H20N4O. The summed E-state index contributed by atoms with van der Waals surface area (Å²) in [5, 5.41) is 12.1. The molecule has 0 amide bonds. The lowest BCUT2D eigenvalue weighted by Gasteiger charge is -2.16. The van der Waals surface area contributed by atoms with E-state index in [1.807, 2.05) is 27.7 Å². The van der Waals surface area contributed by atoms with E-state index in [0.717, 1.165) is 11.4 Å². The molecule has 0 aromatic carbocycles. The molecule has 0 aliphatic rings. The third-order valence-corrected chi connectivity index (χ3v) is 2.37. The largest absolute Gasteiger partial charge is 0.394 e. The number of aromatic nitrogens is 2. The van der Waals surface area contributed by atoms with E-state index in [1.54, 1.807) is 0 Å². The minimum absolute atomic E-state index is 0.0481. The highest BCUT2D eigenvalue weighted by Gasteiger charge is 2.12. The minimum atomic E-state index is -0.0481. The van der Waals surface area contributed by atoms with E-state index in [0.29, 0.717) is 11.6 Å². The highest BCUT2D eigenvalue weighted by atomic mass is 16.3. The maximum Gasteiger partial charge on any atom is 0.135 e. The molecule has 0 saturated heterocycles. The van der Waals surface area contributed by atoms with Gasteiger partial charge in [0.15, 0.2) is 0 Å². The summed E-state index contributed by atoms with van der Waals surface area (Å²) in [4.78, 5) is 8.64. The van der Waals surface area contributed by atoms with Gasteiger partial charge in [-0.05, 0) is 13.8 Å². The number of nitrogens with one attached hydrogen (secondary N) is 1. The van der Waals surface area contributed by atoms with Crippen LogP contribution < -0.4 is 11.1 Å². The van der Waals surface area contributed by atoms with Crippen molar-refractivity contribution in [3.63, 3.8) is 0 Å². The molecule has 4 N–H and O–H groups in total. The summed E-state index contributed by atoms with van der Waals surface area (Å²) in [6.07, 6.45) is 0. The zero-order chi connectivity index (χ0) is 12.3. The molecule has 5 nitrogen and oxygen atoms in total. The van der Waals surface area contributed by atoms with Crippen LogP contribution in [0.2, 0.25) is 0 Å². The van der Waals surface area contributed by atoms with Crippen LogP contribution in [-0.4, -0.2) is 27.7 Å². The molecule has 1 aromatic heterocycles. The first-order valence-electron chi connectivity index (χ1n) is 5.47. The standard InChI is InChI=1S/C11H20N4O/c1-6(2)10-14-9(12)8(4)11(15-10)13-7(3)5-16/h6-7,16H,5H2,1-4H3,(H3,12,13,14,15). The second-order valence-electron chi connectivity index (χ2n) is 4.32. The van der Waals surface area contributed by atoms with Crippen LogP contribution in [-0.2, 0) is 0 Å². The van der Waals surface area contributed by atoms with Crippen molar-refractivity contribution in [2.75, 3.05) is 17.7 Å². The molecule has 90 valence electrons. The van der Waals surface area contributed by atoms with Gasteiger partial charge >= 0.3 is 0 Å². The summed E-state index contributed by atoms with van der Waals surface area (Å²) in [6, 6.07) is -0.0481. The highest BCUT2D eigenvalue weighted by Crippen LogP contribution is 2.21. The maximum absolute atomic E-state index is 9.00. The SMILES string of the molecule is Cc1c(N)nc(C(C)C)nc1NC(C)CO. The molecule has 0 aliphatic heterocycles.